The zero-order chi connectivity index (χ0) is 13.8. The average molecular weight is 262 g/mol. The Bertz CT molecular complexity index is 380. The van der Waals surface area contributed by atoms with Gasteiger partial charge in [-0.2, -0.15) is 0 Å². The van der Waals surface area contributed by atoms with Crippen LogP contribution < -0.4 is 5.32 Å². The first-order valence-electron chi connectivity index (χ1n) is 7.28. The van der Waals surface area contributed by atoms with Gasteiger partial charge >= 0.3 is 0 Å². The van der Waals surface area contributed by atoms with Crippen molar-refractivity contribution >= 4 is 0 Å². The number of aliphatic hydroxyl groups is 1. The van der Waals surface area contributed by atoms with Gasteiger partial charge in [-0.3, -0.25) is 4.90 Å². The van der Waals surface area contributed by atoms with Crippen molar-refractivity contribution in [2.45, 2.75) is 38.9 Å². The van der Waals surface area contributed by atoms with Gasteiger partial charge in [0.05, 0.1) is 6.61 Å². The zero-order valence-corrected chi connectivity index (χ0v) is 12.2. The van der Waals surface area contributed by atoms with Gasteiger partial charge in [0.25, 0.3) is 0 Å². The molecule has 1 saturated heterocycles. The monoisotopic (exact) mass is 262 g/mol. The second kappa shape index (κ2) is 6.51. The summed E-state index contributed by atoms with van der Waals surface area (Å²) in [6, 6.07) is 11.6. The first-order valence-corrected chi connectivity index (χ1v) is 7.28. The Labute approximate surface area is 116 Å². The Morgan fingerprint density at radius 1 is 1.26 bits per heavy atom. The fourth-order valence-electron chi connectivity index (χ4n) is 2.86. The molecule has 1 fully saturated rings. The van der Waals surface area contributed by atoms with Crippen molar-refractivity contribution < 1.29 is 5.11 Å². The van der Waals surface area contributed by atoms with E-state index >= 15 is 0 Å². The number of rotatable bonds is 4. The molecule has 0 radical (unpaired) electrons. The third kappa shape index (κ3) is 3.35. The van der Waals surface area contributed by atoms with Crippen LogP contribution in [0, 0.1) is 5.92 Å². The normalized spacial score (nSPS) is 26.6. The molecule has 0 aromatic heterocycles. The summed E-state index contributed by atoms with van der Waals surface area (Å²) < 4.78 is 0. The highest BCUT2D eigenvalue weighted by molar-refractivity contribution is 5.19. The van der Waals surface area contributed by atoms with Crippen LogP contribution >= 0.6 is 0 Å². The van der Waals surface area contributed by atoms with Crippen LogP contribution in [0.15, 0.2) is 30.3 Å². The minimum atomic E-state index is 0.213. The molecule has 106 valence electrons. The van der Waals surface area contributed by atoms with Crippen molar-refractivity contribution in [3.8, 4) is 0 Å². The minimum absolute atomic E-state index is 0.213. The highest BCUT2D eigenvalue weighted by atomic mass is 16.3. The summed E-state index contributed by atoms with van der Waals surface area (Å²) in [6.07, 6.45) is 0. The largest absolute Gasteiger partial charge is 0.395 e. The molecule has 1 heterocycles. The van der Waals surface area contributed by atoms with E-state index in [4.69, 9.17) is 0 Å². The Morgan fingerprint density at radius 3 is 2.53 bits per heavy atom. The lowest BCUT2D eigenvalue weighted by Crippen LogP contribution is -2.59. The maximum Gasteiger partial charge on any atom is 0.0599 e. The van der Waals surface area contributed by atoms with Crippen LogP contribution in [-0.4, -0.2) is 41.8 Å². The van der Waals surface area contributed by atoms with Gasteiger partial charge in [0.1, 0.15) is 0 Å². The number of piperazine rings is 1. The Balaban J connectivity index is 2.14. The third-order valence-electron chi connectivity index (χ3n) is 4.29. The van der Waals surface area contributed by atoms with Crippen LogP contribution in [0.4, 0.5) is 0 Å². The van der Waals surface area contributed by atoms with Gasteiger partial charge in [0.15, 0.2) is 0 Å². The zero-order valence-electron chi connectivity index (χ0n) is 12.2. The van der Waals surface area contributed by atoms with E-state index in [1.54, 1.807) is 0 Å². The van der Waals surface area contributed by atoms with Crippen molar-refractivity contribution in [2.75, 3.05) is 19.7 Å². The molecule has 0 aliphatic carbocycles. The quantitative estimate of drug-likeness (QED) is 0.871. The topological polar surface area (TPSA) is 35.5 Å². The summed E-state index contributed by atoms with van der Waals surface area (Å²) in [5.74, 6) is 0.616. The predicted molar refractivity (Wildman–Crippen MR) is 79.1 cm³/mol. The maximum absolute atomic E-state index is 9.60. The molecule has 1 aromatic rings. The molecule has 2 rings (SSSR count). The smallest absolute Gasteiger partial charge is 0.0599 e. The molecule has 3 atom stereocenters. The van der Waals surface area contributed by atoms with Crippen molar-refractivity contribution in [3.63, 3.8) is 0 Å². The average Bonchev–Trinajstić information content (AvgIpc) is 2.46. The number of hydrogen-bond donors (Lipinski definition) is 2. The molecular formula is C16H26N2O. The van der Waals surface area contributed by atoms with Crippen molar-refractivity contribution in [1.29, 1.82) is 0 Å². The van der Waals surface area contributed by atoms with E-state index in [2.05, 4.69) is 61.3 Å². The van der Waals surface area contributed by atoms with E-state index < -0.39 is 0 Å². The van der Waals surface area contributed by atoms with Gasteiger partial charge in [-0.1, -0.05) is 44.2 Å². The van der Waals surface area contributed by atoms with Crippen LogP contribution in [0.3, 0.4) is 0 Å². The van der Waals surface area contributed by atoms with Crippen LogP contribution in [0.25, 0.3) is 0 Å². The number of nitrogens with one attached hydrogen (secondary N) is 1. The minimum Gasteiger partial charge on any atom is -0.395 e. The molecule has 19 heavy (non-hydrogen) atoms. The highest BCUT2D eigenvalue weighted by Gasteiger charge is 2.32. The van der Waals surface area contributed by atoms with Gasteiger partial charge < -0.3 is 10.4 Å². The first kappa shape index (κ1) is 14.5. The molecule has 0 bridgehead atoms. The Hall–Kier alpha value is -0.900. The van der Waals surface area contributed by atoms with E-state index in [9.17, 15) is 5.11 Å². The molecule has 0 spiro atoms. The maximum atomic E-state index is 9.60. The van der Waals surface area contributed by atoms with Gasteiger partial charge in [0, 0.05) is 31.2 Å². The SMILES string of the molecule is CC(C)C1CN(C(C)c2ccccc2)C(CO)CN1. The molecule has 3 nitrogen and oxygen atoms in total. The van der Waals surface area contributed by atoms with Crippen LogP contribution in [0.5, 0.6) is 0 Å². The van der Waals surface area contributed by atoms with E-state index in [1.807, 2.05) is 0 Å². The van der Waals surface area contributed by atoms with Crippen LogP contribution in [-0.2, 0) is 0 Å². The molecule has 3 unspecified atom stereocenters. The van der Waals surface area contributed by atoms with Crippen LogP contribution in [0.1, 0.15) is 32.4 Å². The molecule has 1 aliphatic rings. The van der Waals surface area contributed by atoms with E-state index in [-0.39, 0.29) is 12.6 Å². The first-order chi connectivity index (χ1) is 9.13. The Morgan fingerprint density at radius 2 is 1.95 bits per heavy atom. The van der Waals surface area contributed by atoms with Crippen molar-refractivity contribution in [2.24, 2.45) is 5.92 Å². The summed E-state index contributed by atoms with van der Waals surface area (Å²) in [5.41, 5.74) is 1.32. The Kier molecular flexibility index (Phi) is 4.97. The molecule has 0 saturated carbocycles. The van der Waals surface area contributed by atoms with Gasteiger partial charge in [-0.25, -0.2) is 0 Å². The molecule has 3 heteroatoms. The fourth-order valence-corrected chi connectivity index (χ4v) is 2.86. The van der Waals surface area contributed by atoms with Gasteiger partial charge in [-0.15, -0.1) is 0 Å². The fraction of sp³-hybridized carbons (Fsp3) is 0.625. The molecule has 1 aromatic carbocycles. The number of hydrogen-bond acceptors (Lipinski definition) is 3. The lowest BCUT2D eigenvalue weighted by Gasteiger charge is -2.44. The van der Waals surface area contributed by atoms with E-state index in [0.717, 1.165) is 13.1 Å². The van der Waals surface area contributed by atoms with Crippen molar-refractivity contribution in [3.05, 3.63) is 35.9 Å². The second-order valence-electron chi connectivity index (χ2n) is 5.88. The molecular weight excluding hydrogens is 236 g/mol. The van der Waals surface area contributed by atoms with Gasteiger partial charge in [-0.05, 0) is 18.4 Å². The second-order valence-corrected chi connectivity index (χ2v) is 5.88. The van der Waals surface area contributed by atoms with Crippen molar-refractivity contribution in [1.82, 2.24) is 10.2 Å². The highest BCUT2D eigenvalue weighted by Crippen LogP contribution is 2.25. The van der Waals surface area contributed by atoms with Gasteiger partial charge in [0.2, 0.25) is 0 Å². The predicted octanol–water partition coefficient (Wildman–Crippen LogP) is 2.04. The lowest BCUT2D eigenvalue weighted by molar-refractivity contribution is 0.0412. The molecule has 1 aliphatic heterocycles. The summed E-state index contributed by atoms with van der Waals surface area (Å²) in [7, 11) is 0. The summed E-state index contributed by atoms with van der Waals surface area (Å²) in [6.45, 7) is 8.83. The number of nitrogens with zero attached hydrogens (tertiary/aromatic N) is 1. The summed E-state index contributed by atoms with van der Waals surface area (Å²) in [5, 5.41) is 13.2. The molecule has 0 amide bonds. The van der Waals surface area contributed by atoms with Crippen LogP contribution in [0.2, 0.25) is 0 Å². The third-order valence-corrected chi connectivity index (χ3v) is 4.29. The molecule has 2 N–H and O–H groups in total. The lowest BCUT2D eigenvalue weighted by atomic mass is 9.96. The van der Waals surface area contributed by atoms with E-state index in [0.29, 0.717) is 18.0 Å². The summed E-state index contributed by atoms with van der Waals surface area (Å²) in [4.78, 5) is 2.44. The number of aliphatic hydroxyl groups excluding tert-OH is 1. The van der Waals surface area contributed by atoms with E-state index in [1.165, 1.54) is 5.56 Å². The number of benzene rings is 1. The summed E-state index contributed by atoms with van der Waals surface area (Å²) >= 11 is 0. The standard InChI is InChI=1S/C16H26N2O/c1-12(2)16-10-18(15(11-19)9-17-16)13(3)14-7-5-4-6-8-14/h4-8,12-13,15-17,19H,9-11H2,1-3H3.